The molecule has 1 unspecified atom stereocenters. The van der Waals surface area contributed by atoms with Crippen LogP contribution in [0.15, 0.2) is 0 Å². The molecule has 6 heteroatoms. The van der Waals surface area contributed by atoms with Crippen LogP contribution in [0.5, 0.6) is 0 Å². The van der Waals surface area contributed by atoms with Gasteiger partial charge in [-0.2, -0.15) is 0 Å². The quantitative estimate of drug-likeness (QED) is 0.598. The number of esters is 1. The Morgan fingerprint density at radius 2 is 1.83 bits per heavy atom. The molecule has 0 aromatic rings. The van der Waals surface area contributed by atoms with Gasteiger partial charge in [0.1, 0.15) is 6.04 Å². The molecule has 0 rings (SSSR count). The van der Waals surface area contributed by atoms with Gasteiger partial charge in [-0.15, -0.1) is 0 Å². The van der Waals surface area contributed by atoms with Crippen LogP contribution >= 0.6 is 7.52 Å². The number of hydrogen-bond donors (Lipinski definition) is 1. The Morgan fingerprint density at radius 1 is 1.33 bits per heavy atom. The molecule has 1 N–H and O–H groups in total. The maximum Gasteiger partial charge on any atom is 0.323 e. The van der Waals surface area contributed by atoms with Crippen molar-refractivity contribution in [3.05, 3.63) is 0 Å². The summed E-state index contributed by atoms with van der Waals surface area (Å²) in [5, 5.41) is 2.88. The number of hydrogen-bond acceptors (Lipinski definition) is 4. The molecule has 0 heterocycles. The molecule has 2 atom stereocenters. The first-order chi connectivity index (χ1) is 8.08. The van der Waals surface area contributed by atoms with Crippen molar-refractivity contribution >= 4 is 13.5 Å². The molecular weight excluding hydrogens is 253 g/mol. The number of nitrogens with one attached hydrogen (secondary N) is 1. The van der Waals surface area contributed by atoms with Crippen LogP contribution in [0.4, 0.5) is 0 Å². The van der Waals surface area contributed by atoms with Crippen LogP contribution in [0, 0.1) is 5.41 Å². The summed E-state index contributed by atoms with van der Waals surface area (Å²) in [5.74, 6) is -0.428. The van der Waals surface area contributed by atoms with Gasteiger partial charge in [-0.05, 0) is 12.3 Å². The smallest absolute Gasteiger partial charge is 0.323 e. The van der Waals surface area contributed by atoms with Gasteiger partial charge in [-0.25, -0.2) is 5.09 Å². The molecule has 0 bridgehead atoms. The monoisotopic (exact) mass is 279 g/mol. The lowest BCUT2D eigenvalue weighted by molar-refractivity contribution is -0.145. The normalized spacial score (nSPS) is 17.3. The summed E-state index contributed by atoms with van der Waals surface area (Å²) in [6.07, 6.45) is 0. The van der Waals surface area contributed by atoms with E-state index in [1.165, 1.54) is 7.11 Å². The number of carbonyl (C=O) groups excluding carboxylic acids is 1. The van der Waals surface area contributed by atoms with Gasteiger partial charge in [0.15, 0.2) is 0 Å². The van der Waals surface area contributed by atoms with E-state index in [9.17, 15) is 9.36 Å². The van der Waals surface area contributed by atoms with Gasteiger partial charge in [0, 0.05) is 5.66 Å². The molecule has 0 radical (unpaired) electrons. The molecule has 0 aliphatic carbocycles. The Balaban J connectivity index is 5.18. The highest BCUT2D eigenvalue weighted by Crippen LogP contribution is 2.49. The van der Waals surface area contributed by atoms with E-state index < -0.39 is 24.9 Å². The van der Waals surface area contributed by atoms with Crippen molar-refractivity contribution < 1.29 is 18.6 Å². The highest BCUT2D eigenvalue weighted by atomic mass is 31.2. The minimum absolute atomic E-state index is 0.202. The summed E-state index contributed by atoms with van der Waals surface area (Å²) < 4.78 is 22.8. The zero-order valence-electron chi connectivity index (χ0n) is 12.4. The summed E-state index contributed by atoms with van der Waals surface area (Å²) in [5.41, 5.74) is -0.610. The molecule has 5 nitrogen and oxygen atoms in total. The van der Waals surface area contributed by atoms with Gasteiger partial charge >= 0.3 is 5.97 Å². The lowest BCUT2D eigenvalue weighted by atomic mass is 9.87. The maximum atomic E-state index is 12.6. The zero-order chi connectivity index (χ0) is 14.6. The fourth-order valence-corrected chi connectivity index (χ4v) is 3.33. The van der Waals surface area contributed by atoms with Crippen LogP contribution in [-0.4, -0.2) is 31.4 Å². The van der Waals surface area contributed by atoms with Crippen molar-refractivity contribution in [3.8, 4) is 0 Å². The first-order valence-electron chi connectivity index (χ1n) is 6.18. The first kappa shape index (κ1) is 17.6. The molecule has 0 spiro atoms. The third-order valence-corrected chi connectivity index (χ3v) is 5.23. The van der Waals surface area contributed by atoms with Crippen molar-refractivity contribution in [1.29, 1.82) is 0 Å². The summed E-state index contributed by atoms with van der Waals surface area (Å²) in [6.45, 7) is 11.4. The van der Waals surface area contributed by atoms with Gasteiger partial charge in [-0.3, -0.25) is 9.36 Å². The molecular formula is C12H26NO4P. The van der Waals surface area contributed by atoms with E-state index in [-0.39, 0.29) is 5.66 Å². The van der Waals surface area contributed by atoms with E-state index in [1.54, 1.807) is 20.8 Å². The topological polar surface area (TPSA) is 64.6 Å². The van der Waals surface area contributed by atoms with Crippen molar-refractivity contribution in [3.63, 3.8) is 0 Å². The number of rotatable bonds is 6. The number of methoxy groups -OCH3 is 1. The van der Waals surface area contributed by atoms with E-state index in [2.05, 4.69) is 5.09 Å². The van der Waals surface area contributed by atoms with E-state index in [0.29, 0.717) is 6.61 Å². The highest BCUT2D eigenvalue weighted by molar-refractivity contribution is 7.57. The van der Waals surface area contributed by atoms with E-state index in [1.807, 2.05) is 20.8 Å². The fraction of sp³-hybridized carbons (Fsp3) is 0.917. The Bertz CT molecular complexity index is 323. The van der Waals surface area contributed by atoms with Crippen LogP contribution in [-0.2, 0) is 18.6 Å². The van der Waals surface area contributed by atoms with Crippen molar-refractivity contribution in [2.75, 3.05) is 13.7 Å². The predicted molar refractivity (Wildman–Crippen MR) is 72.8 cm³/mol. The number of carbonyl (C=O) groups is 1. The first-order valence-corrected chi connectivity index (χ1v) is 7.87. The lowest BCUT2D eigenvalue weighted by Crippen LogP contribution is -2.46. The molecule has 108 valence electrons. The van der Waals surface area contributed by atoms with E-state index >= 15 is 0 Å². The molecule has 0 fully saturated rings. The van der Waals surface area contributed by atoms with Gasteiger partial charge in [-0.1, -0.05) is 34.6 Å². The second-order valence-corrected chi connectivity index (χ2v) is 8.30. The third kappa shape index (κ3) is 4.71. The molecule has 0 saturated carbocycles. The van der Waals surface area contributed by atoms with Crippen molar-refractivity contribution in [2.24, 2.45) is 5.41 Å². The van der Waals surface area contributed by atoms with Crippen LogP contribution in [0.25, 0.3) is 0 Å². The predicted octanol–water partition coefficient (Wildman–Crippen LogP) is 2.80. The third-order valence-electron chi connectivity index (χ3n) is 2.61. The molecule has 0 aromatic heterocycles. The second-order valence-electron chi connectivity index (χ2n) is 5.56. The Morgan fingerprint density at radius 3 is 2.11 bits per heavy atom. The van der Waals surface area contributed by atoms with Gasteiger partial charge in [0.05, 0.1) is 13.7 Å². The Labute approximate surface area is 110 Å². The number of ether oxygens (including phenoxy) is 1. The second kappa shape index (κ2) is 6.69. The molecule has 0 amide bonds. The van der Waals surface area contributed by atoms with Crippen molar-refractivity contribution in [2.45, 2.75) is 53.2 Å². The summed E-state index contributed by atoms with van der Waals surface area (Å²) in [4.78, 5) is 11.8. The Kier molecular flexibility index (Phi) is 6.55. The van der Waals surface area contributed by atoms with E-state index in [0.717, 1.165) is 0 Å². The molecule has 0 saturated heterocycles. The van der Waals surface area contributed by atoms with Gasteiger partial charge in [0.2, 0.25) is 0 Å². The molecule has 0 aromatic carbocycles. The molecule has 18 heavy (non-hydrogen) atoms. The van der Waals surface area contributed by atoms with E-state index in [4.69, 9.17) is 9.26 Å². The van der Waals surface area contributed by atoms with Crippen LogP contribution in [0.1, 0.15) is 41.5 Å². The van der Waals surface area contributed by atoms with Crippen molar-refractivity contribution in [1.82, 2.24) is 5.09 Å². The fourth-order valence-electron chi connectivity index (χ4n) is 1.42. The minimum Gasteiger partial charge on any atom is -0.468 e. The average Bonchev–Trinajstić information content (AvgIpc) is 2.23. The lowest BCUT2D eigenvalue weighted by Gasteiger charge is -2.33. The van der Waals surface area contributed by atoms with Crippen LogP contribution in [0.2, 0.25) is 0 Å². The SMILES string of the molecule is CCOP(=O)(N[C@@H](C(=O)OC)C(C)(C)C)C(C)C. The van der Waals surface area contributed by atoms with Gasteiger partial charge < -0.3 is 9.26 Å². The van der Waals surface area contributed by atoms with Crippen LogP contribution < -0.4 is 5.09 Å². The Hall–Kier alpha value is -0.380. The average molecular weight is 279 g/mol. The molecule has 0 aliphatic heterocycles. The highest BCUT2D eigenvalue weighted by Gasteiger charge is 2.39. The molecule has 0 aliphatic rings. The maximum absolute atomic E-state index is 12.6. The minimum atomic E-state index is -3.06. The zero-order valence-corrected chi connectivity index (χ0v) is 13.3. The summed E-state index contributed by atoms with van der Waals surface area (Å²) in [7, 11) is -1.74. The van der Waals surface area contributed by atoms with Crippen LogP contribution in [0.3, 0.4) is 0 Å². The standard InChI is InChI=1S/C12H26NO4P/c1-8-17-18(15,9(2)3)13-10(11(14)16-7)12(4,5)6/h9-10H,8H2,1-7H3,(H,13,15)/t10-,18?/m0/s1. The largest absolute Gasteiger partial charge is 0.468 e. The van der Waals surface area contributed by atoms with Gasteiger partial charge in [0.25, 0.3) is 7.52 Å². The summed E-state index contributed by atoms with van der Waals surface area (Å²) >= 11 is 0. The summed E-state index contributed by atoms with van der Waals surface area (Å²) in [6, 6.07) is -0.665.